The van der Waals surface area contributed by atoms with Gasteiger partial charge in [0.15, 0.2) is 23.0 Å². The number of amides is 2. The quantitative estimate of drug-likeness (QED) is 0.152. The summed E-state index contributed by atoms with van der Waals surface area (Å²) in [5, 5.41) is 3.40. The molecule has 5 heterocycles. The first-order valence-electron chi connectivity index (χ1n) is 20.0. The third-order valence-corrected chi connectivity index (χ3v) is 11.4. The lowest BCUT2D eigenvalue weighted by Crippen LogP contribution is -2.43. The number of carbonyl (C=O) groups is 2. The Hall–Kier alpha value is -6.60. The van der Waals surface area contributed by atoms with Crippen molar-refractivity contribution in [3.8, 4) is 28.7 Å². The molecule has 1 fully saturated rings. The molecule has 0 aromatic heterocycles. The molecule has 0 radical (unpaired) electrons. The lowest BCUT2D eigenvalue weighted by molar-refractivity contribution is 0.0809. The van der Waals surface area contributed by atoms with Crippen LogP contribution in [0.4, 0.5) is 17.1 Å². The summed E-state index contributed by atoms with van der Waals surface area (Å²) in [6, 6.07) is 23.0. The zero-order valence-corrected chi connectivity index (χ0v) is 33.4. The molecule has 0 bridgehead atoms. The highest BCUT2D eigenvalue weighted by Gasteiger charge is 2.35. The average Bonchev–Trinajstić information content (AvgIpc) is 3.86. The van der Waals surface area contributed by atoms with Crippen LogP contribution in [0, 0.1) is 0 Å². The van der Waals surface area contributed by atoms with Crippen molar-refractivity contribution in [3.63, 3.8) is 0 Å². The van der Waals surface area contributed by atoms with Crippen LogP contribution >= 0.6 is 0 Å². The Balaban J connectivity index is 0.825. The molecule has 0 saturated carbocycles. The molecular formula is C46H46N6O7. The topological polar surface area (TPSA) is 127 Å². The van der Waals surface area contributed by atoms with Gasteiger partial charge in [-0.15, -0.1) is 0 Å². The highest BCUT2D eigenvalue weighted by atomic mass is 16.5. The minimum Gasteiger partial charge on any atom is -0.497 e. The van der Waals surface area contributed by atoms with Crippen LogP contribution in [0.3, 0.4) is 0 Å². The number of benzene rings is 4. The van der Waals surface area contributed by atoms with E-state index in [1.54, 1.807) is 55.4 Å². The van der Waals surface area contributed by atoms with Gasteiger partial charge in [-0.3, -0.25) is 19.6 Å². The van der Waals surface area contributed by atoms with E-state index in [-0.39, 0.29) is 23.9 Å². The third kappa shape index (κ3) is 7.49. The second-order valence-corrected chi connectivity index (χ2v) is 14.9. The van der Waals surface area contributed by atoms with E-state index in [0.717, 1.165) is 54.2 Å². The molecule has 1 N–H and O–H groups in total. The fraction of sp³-hybridized carbons (Fsp3) is 0.304. The van der Waals surface area contributed by atoms with E-state index in [4.69, 9.17) is 33.7 Å². The molecule has 2 atom stereocenters. The Labute approximate surface area is 343 Å². The van der Waals surface area contributed by atoms with Crippen LogP contribution < -0.4 is 33.9 Å². The Bertz CT molecular complexity index is 2380. The SMILES string of the molecule is COc1ccc(C2=CN3C(=O)c4cc(OC)c(OCCCOc5cc6c(cc5OC)C(=O)N5C=C(c7ccc(N8CCNCC8)cc7)C[C@H]5C=N6)cc4N=C[C@@H]3C2)cc1. The minimum atomic E-state index is -0.202. The molecule has 2 amide bonds. The van der Waals surface area contributed by atoms with Crippen molar-refractivity contribution in [2.24, 2.45) is 9.98 Å². The van der Waals surface area contributed by atoms with Crippen molar-refractivity contribution < 1.29 is 33.3 Å². The molecule has 9 rings (SSSR count). The van der Waals surface area contributed by atoms with Gasteiger partial charge in [-0.2, -0.15) is 0 Å². The maximum atomic E-state index is 13.9. The zero-order valence-electron chi connectivity index (χ0n) is 33.4. The number of nitrogens with zero attached hydrogens (tertiary/aromatic N) is 5. The van der Waals surface area contributed by atoms with Crippen molar-refractivity contribution in [2.75, 3.05) is 65.6 Å². The van der Waals surface area contributed by atoms with Crippen LogP contribution in [0.15, 0.2) is 95.2 Å². The van der Waals surface area contributed by atoms with Gasteiger partial charge in [0, 0.05) is 88.1 Å². The molecule has 4 aromatic carbocycles. The summed E-state index contributed by atoms with van der Waals surface area (Å²) in [5.74, 6) is 2.34. The molecule has 1 saturated heterocycles. The lowest BCUT2D eigenvalue weighted by Gasteiger charge is -2.29. The number of methoxy groups -OCH3 is 3. The fourth-order valence-electron chi connectivity index (χ4n) is 8.18. The summed E-state index contributed by atoms with van der Waals surface area (Å²) in [6.45, 7) is 4.58. The van der Waals surface area contributed by atoms with Crippen LogP contribution in [0.1, 0.15) is 51.1 Å². The summed E-state index contributed by atoms with van der Waals surface area (Å²) >= 11 is 0. The molecule has 4 aromatic rings. The standard InChI is InChI=1S/C46H46N6O7/c1-55-36-11-7-30(8-12-36)32-20-35-26-49-40-24-44(42(57-3)22-38(40)46(54)52(35)28-32)59-18-4-17-58-43-23-39-37(21-41(43)56-2)45(53)51-27-31(19-34(51)25-48-39)29-5-9-33(10-6-29)50-15-13-47-14-16-50/h5-12,21-28,34-35,47H,4,13-20H2,1-3H3/t34-,35-/m0/s1. The van der Waals surface area contributed by atoms with E-state index in [9.17, 15) is 9.59 Å². The normalized spacial score (nSPS) is 19.2. The number of hydrogen-bond acceptors (Lipinski definition) is 11. The molecule has 0 aliphatic carbocycles. The summed E-state index contributed by atoms with van der Waals surface area (Å²) in [5.41, 5.74) is 7.44. The van der Waals surface area contributed by atoms with Crippen LogP contribution in [0.5, 0.6) is 28.7 Å². The second kappa shape index (κ2) is 16.3. The monoisotopic (exact) mass is 794 g/mol. The van der Waals surface area contributed by atoms with Crippen molar-refractivity contribution in [2.45, 2.75) is 31.3 Å². The predicted molar refractivity (Wildman–Crippen MR) is 228 cm³/mol. The van der Waals surface area contributed by atoms with E-state index >= 15 is 0 Å². The molecule has 5 aliphatic heterocycles. The van der Waals surface area contributed by atoms with Gasteiger partial charge in [0.1, 0.15) is 5.75 Å². The second-order valence-electron chi connectivity index (χ2n) is 14.9. The molecule has 0 spiro atoms. The molecule has 59 heavy (non-hydrogen) atoms. The molecule has 13 heteroatoms. The Kier molecular flexibility index (Phi) is 10.5. The first-order chi connectivity index (χ1) is 28.9. The molecule has 302 valence electrons. The summed E-state index contributed by atoms with van der Waals surface area (Å²) in [4.78, 5) is 43.1. The average molecular weight is 795 g/mol. The highest BCUT2D eigenvalue weighted by Crippen LogP contribution is 2.42. The highest BCUT2D eigenvalue weighted by molar-refractivity contribution is 6.06. The number of ether oxygens (including phenoxy) is 5. The number of piperazine rings is 1. The smallest absolute Gasteiger partial charge is 0.260 e. The van der Waals surface area contributed by atoms with Gasteiger partial charge >= 0.3 is 0 Å². The zero-order chi connectivity index (χ0) is 40.5. The van der Waals surface area contributed by atoms with Crippen LogP contribution in [0.2, 0.25) is 0 Å². The molecule has 0 unspecified atom stereocenters. The Morgan fingerprint density at radius 3 is 1.59 bits per heavy atom. The maximum Gasteiger partial charge on any atom is 0.260 e. The summed E-state index contributed by atoms with van der Waals surface area (Å²) in [7, 11) is 4.74. The largest absolute Gasteiger partial charge is 0.497 e. The van der Waals surface area contributed by atoms with Gasteiger partial charge in [0.05, 0.1) is 69.1 Å². The summed E-state index contributed by atoms with van der Waals surface area (Å²) < 4.78 is 29.0. The van der Waals surface area contributed by atoms with E-state index < -0.39 is 0 Å². The number of nitrogens with one attached hydrogen (secondary N) is 1. The molecule has 13 nitrogen and oxygen atoms in total. The Morgan fingerprint density at radius 2 is 1.12 bits per heavy atom. The van der Waals surface area contributed by atoms with Crippen molar-refractivity contribution in [3.05, 3.63) is 107 Å². The van der Waals surface area contributed by atoms with Gasteiger partial charge < -0.3 is 43.7 Å². The van der Waals surface area contributed by atoms with E-state index in [2.05, 4.69) is 34.5 Å². The fourth-order valence-corrected chi connectivity index (χ4v) is 8.18. The number of anilines is 1. The minimum absolute atomic E-state index is 0.135. The first kappa shape index (κ1) is 37.9. The number of fused-ring (bicyclic) bond motifs is 4. The van der Waals surface area contributed by atoms with Crippen LogP contribution in [0.25, 0.3) is 11.1 Å². The number of hydrogen-bond donors (Lipinski definition) is 1. The Morgan fingerprint density at radius 1 is 0.627 bits per heavy atom. The van der Waals surface area contributed by atoms with E-state index in [0.29, 0.717) is 78.0 Å². The van der Waals surface area contributed by atoms with Crippen molar-refractivity contribution in [1.29, 1.82) is 0 Å². The predicted octanol–water partition coefficient (Wildman–Crippen LogP) is 6.91. The van der Waals surface area contributed by atoms with Gasteiger partial charge in [-0.1, -0.05) is 24.3 Å². The number of carbonyl (C=O) groups excluding carboxylic acids is 2. The maximum absolute atomic E-state index is 13.9. The first-order valence-corrected chi connectivity index (χ1v) is 20.0. The van der Waals surface area contributed by atoms with E-state index in [1.807, 2.05) is 49.1 Å². The van der Waals surface area contributed by atoms with Gasteiger partial charge in [0.25, 0.3) is 11.8 Å². The number of rotatable bonds is 12. The van der Waals surface area contributed by atoms with Gasteiger partial charge in [-0.25, -0.2) is 0 Å². The van der Waals surface area contributed by atoms with Crippen molar-refractivity contribution in [1.82, 2.24) is 15.1 Å². The number of aliphatic imine (C=N–C) groups is 2. The summed E-state index contributed by atoms with van der Waals surface area (Å²) in [6.07, 6.45) is 9.37. The van der Waals surface area contributed by atoms with E-state index in [1.165, 1.54) is 5.69 Å². The molecular weight excluding hydrogens is 749 g/mol. The van der Waals surface area contributed by atoms with Gasteiger partial charge in [-0.05, 0) is 58.7 Å². The van der Waals surface area contributed by atoms with Crippen LogP contribution in [-0.4, -0.2) is 107 Å². The lowest BCUT2D eigenvalue weighted by atomic mass is 10.0. The third-order valence-electron chi connectivity index (χ3n) is 11.4. The molecule has 5 aliphatic rings. The van der Waals surface area contributed by atoms with Gasteiger partial charge in [0.2, 0.25) is 0 Å². The van der Waals surface area contributed by atoms with Crippen LogP contribution in [-0.2, 0) is 0 Å². The van der Waals surface area contributed by atoms with Crippen molar-refractivity contribution >= 4 is 52.5 Å².